The van der Waals surface area contributed by atoms with Gasteiger partial charge in [-0.1, -0.05) is 0 Å². The fourth-order valence-electron chi connectivity index (χ4n) is 1.38. The first-order valence-electron chi connectivity index (χ1n) is 5.00. The van der Waals surface area contributed by atoms with Gasteiger partial charge >= 0.3 is 5.97 Å². The van der Waals surface area contributed by atoms with E-state index < -0.39 is 12.0 Å². The van der Waals surface area contributed by atoms with Gasteiger partial charge in [-0.15, -0.1) is 0 Å². The van der Waals surface area contributed by atoms with Crippen LogP contribution in [0.2, 0.25) is 0 Å². The third-order valence-electron chi connectivity index (χ3n) is 2.12. The van der Waals surface area contributed by atoms with Crippen molar-refractivity contribution in [3.8, 4) is 0 Å². The maximum Gasteiger partial charge on any atom is 0.328 e. The maximum absolute atomic E-state index is 11.3. The number of amides is 1. The van der Waals surface area contributed by atoms with Gasteiger partial charge in [0.25, 0.3) is 0 Å². The van der Waals surface area contributed by atoms with Crippen LogP contribution in [0, 0.1) is 0 Å². The molecule has 0 aliphatic rings. The molecule has 1 atom stereocenters. The molecule has 0 saturated heterocycles. The lowest BCUT2D eigenvalue weighted by Gasteiger charge is -2.14. The van der Waals surface area contributed by atoms with Crippen LogP contribution in [0.25, 0.3) is 0 Å². The average molecular weight is 225 g/mol. The molecule has 5 nitrogen and oxygen atoms in total. The number of aryl methyl sites for hydroxylation is 1. The van der Waals surface area contributed by atoms with Gasteiger partial charge in [-0.2, -0.15) is 0 Å². The highest BCUT2D eigenvalue weighted by Crippen LogP contribution is 2.06. The monoisotopic (exact) mass is 225 g/mol. The van der Waals surface area contributed by atoms with Crippen LogP contribution in [0.3, 0.4) is 0 Å². The van der Waals surface area contributed by atoms with Gasteiger partial charge < -0.3 is 14.5 Å². The van der Waals surface area contributed by atoms with Crippen LogP contribution in [-0.2, 0) is 20.7 Å². The highest BCUT2D eigenvalue weighted by molar-refractivity contribution is 5.83. The smallest absolute Gasteiger partial charge is 0.328 e. The second-order valence-electron chi connectivity index (χ2n) is 3.39. The highest BCUT2D eigenvalue weighted by atomic mass is 16.5. The lowest BCUT2D eigenvalue weighted by molar-refractivity contribution is -0.145. The first-order valence-corrected chi connectivity index (χ1v) is 5.00. The van der Waals surface area contributed by atoms with Crippen LogP contribution in [0.5, 0.6) is 0 Å². The molecule has 0 spiro atoms. The van der Waals surface area contributed by atoms with E-state index in [2.05, 4.69) is 10.1 Å². The zero-order valence-electron chi connectivity index (χ0n) is 9.36. The minimum atomic E-state index is -0.618. The number of rotatable bonds is 5. The van der Waals surface area contributed by atoms with E-state index in [4.69, 9.17) is 4.42 Å². The highest BCUT2D eigenvalue weighted by Gasteiger charge is 2.20. The average Bonchev–Trinajstić information content (AvgIpc) is 2.75. The van der Waals surface area contributed by atoms with Crippen molar-refractivity contribution in [3.63, 3.8) is 0 Å². The second-order valence-corrected chi connectivity index (χ2v) is 3.39. The summed E-state index contributed by atoms with van der Waals surface area (Å²) in [6, 6.07) is 2.98. The van der Waals surface area contributed by atoms with Gasteiger partial charge in [-0.05, 0) is 18.6 Å². The van der Waals surface area contributed by atoms with E-state index in [1.165, 1.54) is 14.0 Å². The van der Waals surface area contributed by atoms with Crippen molar-refractivity contribution >= 4 is 11.9 Å². The molecule has 1 N–H and O–H groups in total. The maximum atomic E-state index is 11.3. The van der Waals surface area contributed by atoms with Gasteiger partial charge in [0.15, 0.2) is 0 Å². The third kappa shape index (κ3) is 3.76. The van der Waals surface area contributed by atoms with Crippen LogP contribution in [0.4, 0.5) is 0 Å². The van der Waals surface area contributed by atoms with Crippen molar-refractivity contribution in [2.75, 3.05) is 7.11 Å². The van der Waals surface area contributed by atoms with E-state index >= 15 is 0 Å². The summed E-state index contributed by atoms with van der Waals surface area (Å²) in [5.41, 5.74) is 0. The molecule has 1 heterocycles. The summed E-state index contributed by atoms with van der Waals surface area (Å²) in [6.45, 7) is 1.36. The Balaban J connectivity index is 2.50. The van der Waals surface area contributed by atoms with Gasteiger partial charge in [-0.3, -0.25) is 4.79 Å². The Morgan fingerprint density at radius 3 is 2.81 bits per heavy atom. The quantitative estimate of drug-likeness (QED) is 0.755. The Bertz CT molecular complexity index is 345. The molecule has 5 heteroatoms. The number of furan rings is 1. The number of carbonyl (C=O) groups excluding carboxylic acids is 2. The molecule has 0 fully saturated rings. The van der Waals surface area contributed by atoms with E-state index in [0.29, 0.717) is 12.8 Å². The summed E-state index contributed by atoms with van der Waals surface area (Å²) in [4.78, 5) is 22.2. The largest absolute Gasteiger partial charge is 0.469 e. The summed E-state index contributed by atoms with van der Waals surface area (Å²) < 4.78 is 9.74. The molecule has 0 saturated carbocycles. The minimum absolute atomic E-state index is 0.255. The van der Waals surface area contributed by atoms with Crippen LogP contribution >= 0.6 is 0 Å². The van der Waals surface area contributed by atoms with Crippen molar-refractivity contribution in [2.24, 2.45) is 0 Å². The summed E-state index contributed by atoms with van der Waals surface area (Å²) in [6.07, 6.45) is 2.60. The van der Waals surface area contributed by atoms with Crippen molar-refractivity contribution in [1.82, 2.24) is 5.32 Å². The molecule has 0 aliphatic heterocycles. The predicted octanol–water partition coefficient (Wildman–Crippen LogP) is 0.890. The standard InChI is InChI=1S/C11H15NO4/c1-8(13)12-10(11(14)15-2)6-5-9-4-3-7-16-9/h3-4,7,10H,5-6H2,1-2H3,(H,12,13)/t10-/m1/s1. The summed E-state index contributed by atoms with van der Waals surface area (Å²) in [5, 5.41) is 2.54. The zero-order valence-corrected chi connectivity index (χ0v) is 9.36. The topological polar surface area (TPSA) is 68.5 Å². The molecule has 16 heavy (non-hydrogen) atoms. The number of hydrogen-bond acceptors (Lipinski definition) is 4. The van der Waals surface area contributed by atoms with Crippen LogP contribution in [0.15, 0.2) is 22.8 Å². The Morgan fingerprint density at radius 2 is 2.31 bits per heavy atom. The summed E-state index contributed by atoms with van der Waals surface area (Å²) >= 11 is 0. The Labute approximate surface area is 93.8 Å². The minimum Gasteiger partial charge on any atom is -0.469 e. The fourth-order valence-corrected chi connectivity index (χ4v) is 1.38. The van der Waals surface area contributed by atoms with Gasteiger partial charge in [0.2, 0.25) is 5.91 Å². The molecular weight excluding hydrogens is 210 g/mol. The first kappa shape index (κ1) is 12.3. The van der Waals surface area contributed by atoms with Gasteiger partial charge in [-0.25, -0.2) is 4.79 Å². The van der Waals surface area contributed by atoms with Gasteiger partial charge in [0.05, 0.1) is 13.4 Å². The Morgan fingerprint density at radius 1 is 1.56 bits per heavy atom. The number of methoxy groups -OCH3 is 1. The molecule has 0 bridgehead atoms. The molecule has 88 valence electrons. The number of nitrogens with one attached hydrogen (secondary N) is 1. The fraction of sp³-hybridized carbons (Fsp3) is 0.455. The lowest BCUT2D eigenvalue weighted by Crippen LogP contribution is -2.40. The number of ether oxygens (including phenoxy) is 1. The SMILES string of the molecule is COC(=O)[C@@H](CCc1ccco1)NC(C)=O. The Kier molecular flexibility index (Phi) is 4.57. The van der Waals surface area contributed by atoms with E-state index in [1.807, 2.05) is 6.07 Å². The predicted molar refractivity (Wildman–Crippen MR) is 56.6 cm³/mol. The van der Waals surface area contributed by atoms with Crippen molar-refractivity contribution in [3.05, 3.63) is 24.2 Å². The normalized spacial score (nSPS) is 11.9. The van der Waals surface area contributed by atoms with Crippen molar-refractivity contribution in [1.29, 1.82) is 0 Å². The lowest BCUT2D eigenvalue weighted by atomic mass is 10.1. The number of hydrogen-bond donors (Lipinski definition) is 1. The van der Waals surface area contributed by atoms with Gasteiger partial charge in [0, 0.05) is 13.3 Å². The molecule has 0 aliphatic carbocycles. The molecule has 1 amide bonds. The number of esters is 1. The van der Waals surface area contributed by atoms with Crippen molar-refractivity contribution in [2.45, 2.75) is 25.8 Å². The van der Waals surface area contributed by atoms with E-state index in [-0.39, 0.29) is 5.91 Å². The number of carbonyl (C=O) groups is 2. The van der Waals surface area contributed by atoms with Crippen LogP contribution in [-0.4, -0.2) is 25.0 Å². The molecular formula is C11H15NO4. The van der Waals surface area contributed by atoms with E-state index in [9.17, 15) is 9.59 Å². The second kappa shape index (κ2) is 5.95. The first-order chi connectivity index (χ1) is 7.63. The molecule has 1 aromatic heterocycles. The molecule has 0 unspecified atom stereocenters. The Hall–Kier alpha value is -1.78. The molecule has 1 rings (SSSR count). The molecule has 0 aromatic carbocycles. The van der Waals surface area contributed by atoms with Crippen LogP contribution in [0.1, 0.15) is 19.1 Å². The summed E-state index contributed by atoms with van der Waals surface area (Å²) in [7, 11) is 1.30. The van der Waals surface area contributed by atoms with E-state index in [1.54, 1.807) is 12.3 Å². The zero-order chi connectivity index (χ0) is 12.0. The third-order valence-corrected chi connectivity index (χ3v) is 2.12. The van der Waals surface area contributed by atoms with Gasteiger partial charge in [0.1, 0.15) is 11.8 Å². The van der Waals surface area contributed by atoms with E-state index in [0.717, 1.165) is 5.76 Å². The van der Waals surface area contributed by atoms with Crippen molar-refractivity contribution < 1.29 is 18.7 Å². The molecule has 0 radical (unpaired) electrons. The summed E-state index contributed by atoms with van der Waals surface area (Å²) in [5.74, 6) is 0.0795. The van der Waals surface area contributed by atoms with Crippen LogP contribution < -0.4 is 5.32 Å². The molecule has 1 aromatic rings.